The van der Waals surface area contributed by atoms with Crippen molar-refractivity contribution in [3.05, 3.63) is 35.1 Å². The van der Waals surface area contributed by atoms with Crippen LogP contribution in [0.1, 0.15) is 30.4 Å². The van der Waals surface area contributed by atoms with Gasteiger partial charge in [-0.15, -0.1) is 11.8 Å². The Morgan fingerprint density at radius 2 is 2.20 bits per heavy atom. The molecule has 0 spiro atoms. The van der Waals surface area contributed by atoms with E-state index in [2.05, 4.69) is 0 Å². The van der Waals surface area contributed by atoms with E-state index in [9.17, 15) is 9.18 Å². The van der Waals surface area contributed by atoms with E-state index >= 15 is 0 Å². The van der Waals surface area contributed by atoms with Crippen molar-refractivity contribution < 1.29 is 9.18 Å². The Hall–Kier alpha value is -1.54. The lowest BCUT2D eigenvalue weighted by Crippen LogP contribution is -2.30. The van der Waals surface area contributed by atoms with E-state index in [0.717, 1.165) is 31.4 Å². The summed E-state index contributed by atoms with van der Waals surface area (Å²) in [5, 5.41) is 9.00. The van der Waals surface area contributed by atoms with E-state index in [1.165, 1.54) is 12.1 Å². The Morgan fingerprint density at radius 3 is 2.90 bits per heavy atom. The first-order chi connectivity index (χ1) is 9.69. The number of hydrogen-bond donors (Lipinski definition) is 0. The number of likely N-dealkylation sites (tertiary alicyclic amines) is 1. The van der Waals surface area contributed by atoms with E-state index in [0.29, 0.717) is 17.4 Å². The van der Waals surface area contributed by atoms with Gasteiger partial charge < -0.3 is 4.90 Å². The number of benzene rings is 1. The maximum absolute atomic E-state index is 13.1. The summed E-state index contributed by atoms with van der Waals surface area (Å²) < 4.78 is 13.1. The van der Waals surface area contributed by atoms with Crippen molar-refractivity contribution in [2.75, 3.05) is 6.54 Å². The molecule has 104 valence electrons. The average Bonchev–Trinajstić information content (AvgIpc) is 3.22. The van der Waals surface area contributed by atoms with Crippen LogP contribution in [-0.4, -0.2) is 28.6 Å². The van der Waals surface area contributed by atoms with Crippen LogP contribution in [0.2, 0.25) is 0 Å². The second-order valence-corrected chi connectivity index (χ2v) is 6.46. The van der Waals surface area contributed by atoms with E-state index in [1.54, 1.807) is 17.8 Å². The maximum Gasteiger partial charge on any atom is 0.236 e. The van der Waals surface area contributed by atoms with Crippen LogP contribution in [-0.2, 0) is 10.5 Å². The molecular weight excluding hydrogens is 275 g/mol. The van der Waals surface area contributed by atoms with Gasteiger partial charge in [-0.1, -0.05) is 6.07 Å². The van der Waals surface area contributed by atoms with Crippen LogP contribution in [0.4, 0.5) is 4.39 Å². The first-order valence-electron chi connectivity index (χ1n) is 6.79. The van der Waals surface area contributed by atoms with Crippen LogP contribution in [0.5, 0.6) is 0 Å². The molecule has 1 saturated heterocycles. The summed E-state index contributed by atoms with van der Waals surface area (Å²) in [6.07, 6.45) is 3.16. The Balaban J connectivity index is 1.63. The van der Waals surface area contributed by atoms with Crippen molar-refractivity contribution in [2.45, 2.75) is 36.3 Å². The molecule has 1 aromatic rings. The van der Waals surface area contributed by atoms with Gasteiger partial charge in [-0.3, -0.25) is 4.79 Å². The predicted molar refractivity (Wildman–Crippen MR) is 75.6 cm³/mol. The molecule has 0 radical (unpaired) electrons. The molecule has 3 nitrogen and oxygen atoms in total. The molecule has 0 aromatic heterocycles. The number of carbonyl (C=O) groups is 1. The summed E-state index contributed by atoms with van der Waals surface area (Å²) >= 11 is 1.56. The molecule has 0 bridgehead atoms. The molecule has 5 heteroatoms. The second kappa shape index (κ2) is 5.45. The first kappa shape index (κ1) is 13.4. The van der Waals surface area contributed by atoms with Crippen molar-refractivity contribution >= 4 is 17.7 Å². The quantitative estimate of drug-likeness (QED) is 0.856. The normalized spacial score (nSPS) is 22.1. The number of thioether (sulfide) groups is 1. The van der Waals surface area contributed by atoms with Crippen LogP contribution in [0.15, 0.2) is 18.2 Å². The van der Waals surface area contributed by atoms with Gasteiger partial charge in [0.05, 0.1) is 16.9 Å². The van der Waals surface area contributed by atoms with Gasteiger partial charge in [0.15, 0.2) is 0 Å². The third-order valence-electron chi connectivity index (χ3n) is 3.81. The molecule has 20 heavy (non-hydrogen) atoms. The smallest absolute Gasteiger partial charge is 0.236 e. The third kappa shape index (κ3) is 2.66. The molecule has 1 aliphatic heterocycles. The van der Waals surface area contributed by atoms with Crippen LogP contribution in [0, 0.1) is 17.1 Å². The number of halogens is 1. The summed E-state index contributed by atoms with van der Waals surface area (Å²) in [5.74, 6) is 0.420. The second-order valence-electron chi connectivity index (χ2n) is 5.26. The number of nitriles is 1. The highest BCUT2D eigenvalue weighted by Crippen LogP contribution is 2.35. The minimum Gasteiger partial charge on any atom is -0.339 e. The molecule has 1 saturated carbocycles. The summed E-state index contributed by atoms with van der Waals surface area (Å²) in [5.41, 5.74) is 1.17. The van der Waals surface area contributed by atoms with Gasteiger partial charge >= 0.3 is 0 Å². The molecule has 3 rings (SSSR count). The summed E-state index contributed by atoms with van der Waals surface area (Å²) in [6, 6.07) is 6.75. The fourth-order valence-corrected chi connectivity index (χ4v) is 3.73. The fourth-order valence-electron chi connectivity index (χ4n) is 2.55. The van der Waals surface area contributed by atoms with Crippen molar-refractivity contribution in [1.29, 1.82) is 5.26 Å². The first-order valence-corrected chi connectivity index (χ1v) is 7.84. The van der Waals surface area contributed by atoms with Crippen molar-refractivity contribution in [1.82, 2.24) is 4.90 Å². The Bertz CT molecular complexity index is 580. The average molecular weight is 290 g/mol. The molecule has 1 aliphatic carbocycles. The van der Waals surface area contributed by atoms with Crippen LogP contribution in [0.25, 0.3) is 0 Å². The van der Waals surface area contributed by atoms with E-state index in [4.69, 9.17) is 5.26 Å². The third-order valence-corrected chi connectivity index (χ3v) is 5.13. The Kier molecular flexibility index (Phi) is 3.66. The molecule has 2 fully saturated rings. The SMILES string of the molecule is N#Cc1cc(F)ccc1CSC1CCN(C2CC2)C1=O. The lowest BCUT2D eigenvalue weighted by molar-refractivity contribution is -0.127. The van der Waals surface area contributed by atoms with Gasteiger partial charge in [0.2, 0.25) is 5.91 Å². The molecule has 1 atom stereocenters. The molecular formula is C15H15FN2OS. The number of carbonyl (C=O) groups excluding carboxylic acids is 1. The number of amides is 1. The van der Waals surface area contributed by atoms with Gasteiger partial charge in [0, 0.05) is 18.3 Å². The minimum absolute atomic E-state index is 0.00723. The largest absolute Gasteiger partial charge is 0.339 e. The molecule has 0 N–H and O–H groups in total. The topological polar surface area (TPSA) is 44.1 Å². The number of rotatable bonds is 4. The zero-order valence-corrected chi connectivity index (χ0v) is 11.8. The maximum atomic E-state index is 13.1. The highest BCUT2D eigenvalue weighted by molar-refractivity contribution is 7.99. The zero-order valence-electron chi connectivity index (χ0n) is 11.0. The van der Waals surface area contributed by atoms with Gasteiger partial charge in [0.1, 0.15) is 5.82 Å². The van der Waals surface area contributed by atoms with E-state index in [-0.39, 0.29) is 11.2 Å². The van der Waals surface area contributed by atoms with E-state index in [1.807, 2.05) is 11.0 Å². The molecule has 2 aliphatic rings. The van der Waals surface area contributed by atoms with Gasteiger partial charge in [-0.25, -0.2) is 4.39 Å². The molecule has 1 unspecified atom stereocenters. The summed E-state index contributed by atoms with van der Waals surface area (Å²) in [6.45, 7) is 0.857. The Morgan fingerprint density at radius 1 is 1.40 bits per heavy atom. The standard InChI is InChI=1S/C15H15FN2OS/c16-12-2-1-10(11(7-12)8-17)9-20-14-5-6-18(15(14)19)13-3-4-13/h1-2,7,13-14H,3-6,9H2. The van der Waals surface area contributed by atoms with Gasteiger partial charge in [-0.05, 0) is 37.0 Å². The van der Waals surface area contributed by atoms with E-state index < -0.39 is 5.82 Å². The minimum atomic E-state index is -0.396. The fraction of sp³-hybridized carbons (Fsp3) is 0.467. The van der Waals surface area contributed by atoms with Crippen LogP contribution in [0.3, 0.4) is 0 Å². The van der Waals surface area contributed by atoms with Gasteiger partial charge in [0.25, 0.3) is 0 Å². The van der Waals surface area contributed by atoms with Crippen molar-refractivity contribution in [2.24, 2.45) is 0 Å². The zero-order chi connectivity index (χ0) is 14.1. The Labute approximate surface area is 121 Å². The molecule has 1 heterocycles. The van der Waals surface area contributed by atoms with Crippen molar-refractivity contribution in [3.63, 3.8) is 0 Å². The predicted octanol–water partition coefficient (Wildman–Crippen LogP) is 2.69. The lowest BCUT2D eigenvalue weighted by atomic mass is 10.1. The molecule has 1 amide bonds. The highest BCUT2D eigenvalue weighted by Gasteiger charge is 2.40. The molecule has 1 aromatic carbocycles. The summed E-state index contributed by atoms with van der Waals surface area (Å²) in [7, 11) is 0. The number of nitrogens with zero attached hydrogens (tertiary/aromatic N) is 2. The highest BCUT2D eigenvalue weighted by atomic mass is 32.2. The van der Waals surface area contributed by atoms with Crippen LogP contribution >= 0.6 is 11.8 Å². The van der Waals surface area contributed by atoms with Crippen LogP contribution < -0.4 is 0 Å². The lowest BCUT2D eigenvalue weighted by Gasteiger charge is -2.15. The summed E-state index contributed by atoms with van der Waals surface area (Å²) in [4.78, 5) is 14.2. The monoisotopic (exact) mass is 290 g/mol. The van der Waals surface area contributed by atoms with Crippen molar-refractivity contribution in [3.8, 4) is 6.07 Å². The number of hydrogen-bond acceptors (Lipinski definition) is 3. The van der Waals surface area contributed by atoms with Gasteiger partial charge in [-0.2, -0.15) is 5.26 Å².